The number of unbranched alkanes of at least 4 members (excludes halogenated alkanes) is 39. The summed E-state index contributed by atoms with van der Waals surface area (Å²) in [6, 6.07) is 0. The highest BCUT2D eigenvalue weighted by Gasteiger charge is 2.25. The van der Waals surface area contributed by atoms with Crippen molar-refractivity contribution in [2.75, 3.05) is 47.5 Å². The summed E-state index contributed by atoms with van der Waals surface area (Å²) in [4.78, 5) is 37.8. The molecule has 568 valence electrons. The number of nitrogens with zero attached hydrogens (tertiary/aromatic N) is 1. The van der Waals surface area contributed by atoms with Crippen molar-refractivity contribution < 1.29 is 42.9 Å². The average Bonchev–Trinajstić information content (AvgIpc) is 1.14. The van der Waals surface area contributed by atoms with Crippen LogP contribution < -0.4 is 0 Å². The van der Waals surface area contributed by atoms with Crippen molar-refractivity contribution in [2.45, 2.75) is 373 Å². The van der Waals surface area contributed by atoms with Crippen molar-refractivity contribution in [2.24, 2.45) is 0 Å². The van der Waals surface area contributed by atoms with E-state index in [1.54, 1.807) is 0 Å². The smallest absolute Gasteiger partial charge is 0.361 e. The van der Waals surface area contributed by atoms with E-state index in [4.69, 9.17) is 18.9 Å². The fourth-order valence-electron chi connectivity index (χ4n) is 11.6. The summed E-state index contributed by atoms with van der Waals surface area (Å²) in [5.41, 5.74) is 0. The maximum absolute atomic E-state index is 13.0. The van der Waals surface area contributed by atoms with E-state index in [-0.39, 0.29) is 32.2 Å². The van der Waals surface area contributed by atoms with E-state index in [2.05, 4.69) is 148 Å². The summed E-state index contributed by atoms with van der Waals surface area (Å²) in [5, 5.41) is 9.78. The SMILES string of the molecule is CC/C=C\C/C=C\C/C=C\C/C=C\C/C=C\C/C=C\C/C=C\C/C=C\C/C=C\C/C=C\CCCCCCCCCCC(=O)OC(COC(=O)CCCCCCCCCCCCCCCCCCCCCCCCC/C=C\CCCCCCCCCC)COC(OCC[N+](C)(C)C)C(=O)O. The molecule has 0 aromatic rings. The molecule has 0 aromatic heterocycles. The van der Waals surface area contributed by atoms with E-state index >= 15 is 0 Å². The number of carbonyl (C=O) groups is 3. The molecule has 0 aliphatic rings. The minimum absolute atomic E-state index is 0.182. The van der Waals surface area contributed by atoms with Crippen LogP contribution in [0.4, 0.5) is 0 Å². The van der Waals surface area contributed by atoms with Crippen LogP contribution >= 0.6 is 0 Å². The first kappa shape index (κ1) is 94.4. The highest BCUT2D eigenvalue weighted by Crippen LogP contribution is 2.19. The predicted molar refractivity (Wildman–Crippen MR) is 428 cm³/mol. The van der Waals surface area contributed by atoms with Gasteiger partial charge in [0.25, 0.3) is 6.29 Å². The molecule has 9 nitrogen and oxygen atoms in total. The van der Waals surface area contributed by atoms with Crippen LogP contribution in [0.15, 0.2) is 134 Å². The molecule has 2 unspecified atom stereocenters. The number of hydrogen-bond acceptors (Lipinski definition) is 7. The van der Waals surface area contributed by atoms with E-state index in [1.165, 1.54) is 218 Å². The van der Waals surface area contributed by atoms with Gasteiger partial charge in [0.05, 0.1) is 34.4 Å². The molecule has 0 aliphatic heterocycles. The van der Waals surface area contributed by atoms with Crippen LogP contribution in [0.5, 0.6) is 0 Å². The van der Waals surface area contributed by atoms with E-state index in [1.807, 2.05) is 21.1 Å². The van der Waals surface area contributed by atoms with Crippen molar-refractivity contribution in [1.82, 2.24) is 0 Å². The van der Waals surface area contributed by atoms with Crippen molar-refractivity contribution in [3.63, 3.8) is 0 Å². The molecule has 0 amide bonds. The summed E-state index contributed by atoms with van der Waals surface area (Å²) in [5.74, 6) is -2.01. The van der Waals surface area contributed by atoms with Gasteiger partial charge in [-0.3, -0.25) is 9.59 Å². The van der Waals surface area contributed by atoms with Crippen molar-refractivity contribution in [3.05, 3.63) is 134 Å². The lowest BCUT2D eigenvalue weighted by molar-refractivity contribution is -0.870. The van der Waals surface area contributed by atoms with Gasteiger partial charge in [-0.1, -0.05) is 366 Å². The van der Waals surface area contributed by atoms with Crippen LogP contribution in [0.1, 0.15) is 361 Å². The number of carboxylic acid groups (broad SMARTS) is 1. The summed E-state index contributed by atoms with van der Waals surface area (Å²) in [6.45, 7) is 4.79. The number of quaternary nitrogens is 1. The van der Waals surface area contributed by atoms with Gasteiger partial charge in [-0.05, 0) is 116 Å². The summed E-state index contributed by atoms with van der Waals surface area (Å²) in [6.07, 6.45) is 112. The first-order chi connectivity index (χ1) is 48.6. The van der Waals surface area contributed by atoms with Crippen molar-refractivity contribution >= 4 is 17.9 Å². The third-order valence-electron chi connectivity index (χ3n) is 17.9. The van der Waals surface area contributed by atoms with Crippen LogP contribution in [-0.4, -0.2) is 87.4 Å². The van der Waals surface area contributed by atoms with E-state index < -0.39 is 24.3 Å². The van der Waals surface area contributed by atoms with Crippen LogP contribution in [0.25, 0.3) is 0 Å². The highest BCUT2D eigenvalue weighted by atomic mass is 16.7. The van der Waals surface area contributed by atoms with E-state index in [0.717, 1.165) is 109 Å². The molecule has 1 N–H and O–H groups in total. The van der Waals surface area contributed by atoms with Gasteiger partial charge in [0.15, 0.2) is 6.10 Å². The second-order valence-corrected chi connectivity index (χ2v) is 28.7. The van der Waals surface area contributed by atoms with Gasteiger partial charge in [0.2, 0.25) is 0 Å². The second-order valence-electron chi connectivity index (χ2n) is 28.7. The minimum Gasteiger partial charge on any atom is -0.477 e. The van der Waals surface area contributed by atoms with Gasteiger partial charge in [-0.2, -0.15) is 0 Å². The first-order valence-corrected chi connectivity index (χ1v) is 41.3. The number of rotatable bonds is 76. The Morgan fingerprint density at radius 3 is 0.869 bits per heavy atom. The monoisotopic (exact) mass is 1380 g/mol. The Morgan fingerprint density at radius 2 is 0.576 bits per heavy atom. The second kappa shape index (κ2) is 79.1. The van der Waals surface area contributed by atoms with E-state index in [9.17, 15) is 19.5 Å². The Balaban J connectivity index is 4.07. The highest BCUT2D eigenvalue weighted by molar-refractivity contribution is 5.71. The lowest BCUT2D eigenvalue weighted by Crippen LogP contribution is -2.40. The Labute approximate surface area is 611 Å². The zero-order valence-corrected chi connectivity index (χ0v) is 65.1. The van der Waals surface area contributed by atoms with Crippen molar-refractivity contribution in [1.29, 1.82) is 0 Å². The number of aliphatic carboxylic acids is 1. The van der Waals surface area contributed by atoms with Crippen LogP contribution in [0, 0.1) is 0 Å². The topological polar surface area (TPSA) is 108 Å². The molecule has 0 aromatic carbocycles. The van der Waals surface area contributed by atoms with Gasteiger partial charge < -0.3 is 28.5 Å². The number of hydrogen-bond donors (Lipinski definition) is 1. The Morgan fingerprint density at radius 1 is 0.313 bits per heavy atom. The maximum Gasteiger partial charge on any atom is 0.361 e. The number of carboxylic acids is 1. The fourth-order valence-corrected chi connectivity index (χ4v) is 11.6. The Bertz CT molecular complexity index is 2100. The number of carbonyl (C=O) groups excluding carboxylic acids is 2. The molecule has 0 bridgehead atoms. The molecule has 2 atom stereocenters. The zero-order valence-electron chi connectivity index (χ0n) is 65.1. The largest absolute Gasteiger partial charge is 0.477 e. The normalized spacial score (nSPS) is 13.3. The molecule has 0 spiro atoms. The molecule has 0 saturated carbocycles. The third kappa shape index (κ3) is 80.6. The molecule has 99 heavy (non-hydrogen) atoms. The van der Waals surface area contributed by atoms with Crippen LogP contribution in [0.3, 0.4) is 0 Å². The van der Waals surface area contributed by atoms with Gasteiger partial charge in [-0.25, -0.2) is 4.79 Å². The fraction of sp³-hybridized carbons (Fsp3) is 0.722. The molecule has 0 radical (unpaired) electrons. The lowest BCUT2D eigenvalue weighted by Gasteiger charge is -2.25. The maximum atomic E-state index is 13.0. The number of ether oxygens (including phenoxy) is 4. The minimum atomic E-state index is -1.52. The average molecular weight is 1380 g/mol. The number of esters is 2. The zero-order chi connectivity index (χ0) is 71.8. The molecule has 0 saturated heterocycles. The van der Waals surface area contributed by atoms with Gasteiger partial charge in [-0.15, -0.1) is 0 Å². The van der Waals surface area contributed by atoms with Gasteiger partial charge >= 0.3 is 17.9 Å². The molecular formula is C90H156NO8+. The Hall–Kier alpha value is -4.57. The molecule has 9 heteroatoms. The number of likely N-dealkylation sites (N-methyl/N-ethyl adjacent to an activating group) is 1. The number of allylic oxidation sites excluding steroid dienone is 22. The quantitative estimate of drug-likeness (QED) is 0.0211. The summed E-state index contributed by atoms with van der Waals surface area (Å²) in [7, 11) is 5.98. The van der Waals surface area contributed by atoms with Gasteiger partial charge in [0, 0.05) is 12.8 Å². The van der Waals surface area contributed by atoms with Crippen molar-refractivity contribution in [3.8, 4) is 0 Å². The van der Waals surface area contributed by atoms with Gasteiger partial charge in [0.1, 0.15) is 13.2 Å². The molecule has 0 rings (SSSR count). The van der Waals surface area contributed by atoms with Crippen LogP contribution in [0.2, 0.25) is 0 Å². The molecule has 0 heterocycles. The first-order valence-electron chi connectivity index (χ1n) is 41.3. The molecular weight excluding hydrogens is 1220 g/mol. The van der Waals surface area contributed by atoms with Crippen LogP contribution in [-0.2, 0) is 33.3 Å². The lowest BCUT2D eigenvalue weighted by atomic mass is 10.0. The predicted octanol–water partition coefficient (Wildman–Crippen LogP) is 26.8. The molecule has 0 fully saturated rings. The standard InChI is InChI=1S/C90H155NO8/c1-6-8-10-12-14-16-18-20-22-24-26-28-30-32-34-36-38-40-42-43-44-45-47-49-51-53-55-57-59-61-63-65-67-69-71-73-75-77-79-81-88(93)99-86(85-98-90(89(94)95)96-83-82-91(3,4)5)84-97-87(92)80-78-76-74-72-70-68-66-64-62-60-58-56-54-52-50-48-46-41-39-37-35-33-31-29-27-25-23-21-19-17-15-13-11-9-7-2/h8,10,14,16,20,22,25-28,32,34,38,40,43-44,47,49,53,55,59,61,86,90H,6-7,9,11-13,15,17-19,21,23-24,29-31,33,35-37,39,41-42,45-46,48,50-52,54,56-58,60,62-85H2,1-5H3/p+1/b10-8-,16-14-,22-20-,27-25-,28-26-,34-32-,40-38-,44-43-,49-47-,55-53-,61-59-. The molecule has 0 aliphatic carbocycles. The summed E-state index contributed by atoms with van der Waals surface area (Å²) < 4.78 is 23.0. The summed E-state index contributed by atoms with van der Waals surface area (Å²) >= 11 is 0. The third-order valence-corrected chi connectivity index (χ3v) is 17.9. The van der Waals surface area contributed by atoms with E-state index in [0.29, 0.717) is 23.9 Å². The Kier molecular flexibility index (Phi) is 75.5.